The molecular weight excluding hydrogens is 242 g/mol. The lowest BCUT2D eigenvalue weighted by atomic mass is 10.0. The molecular formula is C15H15NO3. The molecule has 0 atom stereocenters. The second-order valence-corrected chi connectivity index (χ2v) is 4.10. The molecule has 0 saturated carbocycles. The van der Waals surface area contributed by atoms with Crippen LogP contribution in [0, 0.1) is 0 Å². The Morgan fingerprint density at radius 3 is 2.79 bits per heavy atom. The maximum absolute atomic E-state index is 11.4. The van der Waals surface area contributed by atoms with Crippen molar-refractivity contribution in [3.63, 3.8) is 0 Å². The Kier molecular flexibility index (Phi) is 3.80. The van der Waals surface area contributed by atoms with Gasteiger partial charge >= 0.3 is 5.97 Å². The number of pyridine rings is 1. The number of rotatable bonds is 3. The van der Waals surface area contributed by atoms with Crippen molar-refractivity contribution < 1.29 is 14.6 Å². The van der Waals surface area contributed by atoms with Gasteiger partial charge in [0.25, 0.3) is 0 Å². The third kappa shape index (κ3) is 2.73. The van der Waals surface area contributed by atoms with Crippen LogP contribution in [0.15, 0.2) is 36.4 Å². The number of benzene rings is 1. The fourth-order valence-corrected chi connectivity index (χ4v) is 1.84. The number of aryl methyl sites for hydroxylation is 1. The van der Waals surface area contributed by atoms with Gasteiger partial charge in [-0.2, -0.15) is 0 Å². The highest BCUT2D eigenvalue weighted by Crippen LogP contribution is 2.25. The Morgan fingerprint density at radius 2 is 2.11 bits per heavy atom. The van der Waals surface area contributed by atoms with Crippen LogP contribution in [0.4, 0.5) is 0 Å². The lowest BCUT2D eigenvalue weighted by Gasteiger charge is -2.07. The number of hydrogen-bond acceptors (Lipinski definition) is 4. The van der Waals surface area contributed by atoms with Gasteiger partial charge < -0.3 is 9.84 Å². The second-order valence-electron chi connectivity index (χ2n) is 4.10. The summed E-state index contributed by atoms with van der Waals surface area (Å²) in [6, 6.07) is 10.5. The predicted molar refractivity (Wildman–Crippen MR) is 72.1 cm³/mol. The van der Waals surface area contributed by atoms with Gasteiger partial charge in [-0.05, 0) is 42.3 Å². The Hall–Kier alpha value is -2.36. The van der Waals surface area contributed by atoms with E-state index in [1.54, 1.807) is 24.3 Å². The van der Waals surface area contributed by atoms with E-state index < -0.39 is 5.97 Å². The first-order valence-corrected chi connectivity index (χ1v) is 6.03. The first kappa shape index (κ1) is 13.1. The minimum Gasteiger partial charge on any atom is -0.508 e. The molecule has 98 valence electrons. The average Bonchev–Trinajstić information content (AvgIpc) is 2.47. The predicted octanol–water partition coefficient (Wildman–Crippen LogP) is 2.80. The Labute approximate surface area is 111 Å². The van der Waals surface area contributed by atoms with Gasteiger partial charge in [0.1, 0.15) is 11.4 Å². The zero-order valence-electron chi connectivity index (χ0n) is 10.9. The van der Waals surface area contributed by atoms with Crippen molar-refractivity contribution in [3.05, 3.63) is 47.7 Å². The maximum Gasteiger partial charge on any atom is 0.356 e. The van der Waals surface area contributed by atoms with Crippen molar-refractivity contribution in [1.29, 1.82) is 0 Å². The fourth-order valence-electron chi connectivity index (χ4n) is 1.84. The zero-order chi connectivity index (χ0) is 13.8. The molecule has 0 radical (unpaired) electrons. The second kappa shape index (κ2) is 5.52. The van der Waals surface area contributed by atoms with E-state index in [2.05, 4.69) is 9.72 Å². The van der Waals surface area contributed by atoms with Crippen LogP contribution in [-0.4, -0.2) is 23.2 Å². The van der Waals surface area contributed by atoms with E-state index in [9.17, 15) is 9.90 Å². The van der Waals surface area contributed by atoms with Crippen molar-refractivity contribution in [2.45, 2.75) is 13.3 Å². The van der Waals surface area contributed by atoms with Crippen molar-refractivity contribution in [3.8, 4) is 17.0 Å². The molecule has 0 bridgehead atoms. The van der Waals surface area contributed by atoms with Crippen LogP contribution in [0.2, 0.25) is 0 Å². The van der Waals surface area contributed by atoms with Crippen LogP contribution in [-0.2, 0) is 11.2 Å². The summed E-state index contributed by atoms with van der Waals surface area (Å²) in [7, 11) is 1.33. The van der Waals surface area contributed by atoms with Crippen molar-refractivity contribution in [2.24, 2.45) is 0 Å². The van der Waals surface area contributed by atoms with Gasteiger partial charge in [0.05, 0.1) is 12.8 Å². The lowest BCUT2D eigenvalue weighted by Crippen LogP contribution is -2.04. The number of methoxy groups -OCH3 is 1. The van der Waals surface area contributed by atoms with Crippen LogP contribution >= 0.6 is 0 Å². The topological polar surface area (TPSA) is 59.4 Å². The molecule has 1 N–H and O–H groups in total. The number of hydrogen-bond donors (Lipinski definition) is 1. The number of carbonyl (C=O) groups is 1. The molecule has 1 aromatic heterocycles. The number of nitrogens with zero attached hydrogens (tertiary/aromatic N) is 1. The molecule has 2 rings (SSSR count). The molecule has 0 spiro atoms. The molecule has 4 nitrogen and oxygen atoms in total. The number of esters is 1. The van der Waals surface area contributed by atoms with E-state index in [0.717, 1.165) is 17.5 Å². The summed E-state index contributed by atoms with van der Waals surface area (Å²) in [5, 5.41) is 9.67. The Morgan fingerprint density at radius 1 is 1.32 bits per heavy atom. The van der Waals surface area contributed by atoms with Crippen LogP contribution < -0.4 is 0 Å². The standard InChI is InChI=1S/C15H15NO3/c1-3-10-9-11(7-8-14(10)17)12-5-4-6-13(16-12)15(18)19-2/h4-9,17H,3H2,1-2H3. The SMILES string of the molecule is CCc1cc(-c2cccc(C(=O)OC)n2)ccc1O. The van der Waals surface area contributed by atoms with Crippen LogP contribution in [0.3, 0.4) is 0 Å². The molecule has 0 unspecified atom stereocenters. The van der Waals surface area contributed by atoms with E-state index in [1.807, 2.05) is 19.1 Å². The summed E-state index contributed by atoms with van der Waals surface area (Å²) in [5.74, 6) is -0.188. The number of aromatic hydroxyl groups is 1. The highest BCUT2D eigenvalue weighted by molar-refractivity contribution is 5.87. The monoisotopic (exact) mass is 257 g/mol. The summed E-state index contributed by atoms with van der Waals surface area (Å²) in [5.41, 5.74) is 2.66. The van der Waals surface area contributed by atoms with Gasteiger partial charge in [0.15, 0.2) is 0 Å². The van der Waals surface area contributed by atoms with Gasteiger partial charge in [-0.3, -0.25) is 0 Å². The molecule has 0 saturated heterocycles. The van der Waals surface area contributed by atoms with Crippen molar-refractivity contribution >= 4 is 5.97 Å². The smallest absolute Gasteiger partial charge is 0.356 e. The molecule has 1 aromatic carbocycles. The lowest BCUT2D eigenvalue weighted by molar-refractivity contribution is 0.0594. The number of aromatic nitrogens is 1. The maximum atomic E-state index is 11.4. The summed E-state index contributed by atoms with van der Waals surface area (Å²) >= 11 is 0. The number of phenolic OH excluding ortho intramolecular Hbond substituents is 1. The quantitative estimate of drug-likeness (QED) is 0.859. The van der Waals surface area contributed by atoms with Crippen LogP contribution in [0.5, 0.6) is 5.75 Å². The molecule has 0 aliphatic heterocycles. The van der Waals surface area contributed by atoms with Crippen molar-refractivity contribution in [2.75, 3.05) is 7.11 Å². The van der Waals surface area contributed by atoms with Gasteiger partial charge in [-0.1, -0.05) is 13.0 Å². The largest absolute Gasteiger partial charge is 0.508 e. The number of phenols is 1. The van der Waals surface area contributed by atoms with Crippen LogP contribution in [0.1, 0.15) is 23.0 Å². The van der Waals surface area contributed by atoms with Crippen LogP contribution in [0.25, 0.3) is 11.3 Å². The minimum atomic E-state index is -0.462. The third-order valence-electron chi connectivity index (χ3n) is 2.90. The zero-order valence-corrected chi connectivity index (χ0v) is 10.9. The minimum absolute atomic E-state index is 0.270. The average molecular weight is 257 g/mol. The van der Waals surface area contributed by atoms with E-state index in [0.29, 0.717) is 5.69 Å². The molecule has 1 heterocycles. The first-order valence-electron chi connectivity index (χ1n) is 6.03. The summed E-state index contributed by atoms with van der Waals surface area (Å²) in [4.78, 5) is 15.7. The van der Waals surface area contributed by atoms with E-state index in [-0.39, 0.29) is 11.4 Å². The van der Waals surface area contributed by atoms with E-state index in [4.69, 9.17) is 0 Å². The Bertz CT molecular complexity index is 608. The van der Waals surface area contributed by atoms with Gasteiger partial charge in [-0.25, -0.2) is 9.78 Å². The highest BCUT2D eigenvalue weighted by atomic mass is 16.5. The number of carbonyl (C=O) groups excluding carboxylic acids is 1. The van der Waals surface area contributed by atoms with E-state index in [1.165, 1.54) is 7.11 Å². The van der Waals surface area contributed by atoms with Crippen molar-refractivity contribution in [1.82, 2.24) is 4.98 Å². The molecule has 0 fully saturated rings. The van der Waals surface area contributed by atoms with Gasteiger partial charge in [0, 0.05) is 5.56 Å². The third-order valence-corrected chi connectivity index (χ3v) is 2.90. The molecule has 0 aliphatic carbocycles. The molecule has 2 aromatic rings. The number of ether oxygens (including phenoxy) is 1. The molecule has 19 heavy (non-hydrogen) atoms. The summed E-state index contributed by atoms with van der Waals surface area (Å²) < 4.78 is 4.65. The molecule has 0 amide bonds. The fraction of sp³-hybridized carbons (Fsp3) is 0.200. The summed E-state index contributed by atoms with van der Waals surface area (Å²) in [6.45, 7) is 1.97. The summed E-state index contributed by atoms with van der Waals surface area (Å²) in [6.07, 6.45) is 0.733. The normalized spacial score (nSPS) is 10.2. The van der Waals surface area contributed by atoms with Gasteiger partial charge in [-0.15, -0.1) is 0 Å². The Balaban J connectivity index is 2.44. The van der Waals surface area contributed by atoms with E-state index >= 15 is 0 Å². The first-order chi connectivity index (χ1) is 9.15. The molecule has 0 aliphatic rings. The van der Waals surface area contributed by atoms with Gasteiger partial charge in [0.2, 0.25) is 0 Å². The highest BCUT2D eigenvalue weighted by Gasteiger charge is 2.09. The molecule has 4 heteroatoms.